The van der Waals surface area contributed by atoms with E-state index in [1.54, 1.807) is 0 Å². The maximum absolute atomic E-state index is 6.19. The molecule has 1 aliphatic carbocycles. The van der Waals surface area contributed by atoms with Crippen LogP contribution in [0.25, 0.3) is 0 Å². The van der Waals surface area contributed by atoms with Crippen molar-refractivity contribution >= 4 is 11.8 Å². The first-order chi connectivity index (χ1) is 8.83. The van der Waals surface area contributed by atoms with Gasteiger partial charge in [0.05, 0.1) is 0 Å². The highest BCUT2D eigenvalue weighted by Crippen LogP contribution is 2.29. The molecule has 1 fully saturated rings. The zero-order chi connectivity index (χ0) is 13.1. The minimum Gasteiger partial charge on any atom is -0.327 e. The fourth-order valence-electron chi connectivity index (χ4n) is 2.76. The quantitative estimate of drug-likeness (QED) is 0.527. The molecule has 1 nitrogen and oxygen atoms in total. The van der Waals surface area contributed by atoms with Gasteiger partial charge in [-0.3, -0.25) is 0 Å². The predicted octanol–water partition coefficient (Wildman–Crippen LogP) is 5.13. The summed E-state index contributed by atoms with van der Waals surface area (Å²) in [6.07, 6.45) is 16.8. The summed E-state index contributed by atoms with van der Waals surface area (Å²) in [5.74, 6) is 1.19. The van der Waals surface area contributed by atoms with Crippen molar-refractivity contribution in [2.24, 2.45) is 5.73 Å². The average molecular weight is 272 g/mol. The van der Waals surface area contributed by atoms with Crippen molar-refractivity contribution in [3.63, 3.8) is 0 Å². The fourth-order valence-corrected chi connectivity index (χ4v) is 4.11. The summed E-state index contributed by atoms with van der Waals surface area (Å²) in [6, 6.07) is 0.450. The lowest BCUT2D eigenvalue weighted by molar-refractivity contribution is 0.549. The summed E-state index contributed by atoms with van der Waals surface area (Å²) in [7, 11) is 0. The van der Waals surface area contributed by atoms with E-state index in [1.807, 2.05) is 0 Å². The SMILES string of the molecule is CCCCCCCCCC(N)CSC1CCCC1. The number of nitrogens with two attached hydrogens (primary N) is 1. The number of hydrogen-bond donors (Lipinski definition) is 1. The molecule has 0 heterocycles. The van der Waals surface area contributed by atoms with E-state index in [1.165, 1.54) is 82.8 Å². The minimum absolute atomic E-state index is 0.450. The normalized spacial score (nSPS) is 18.3. The molecule has 2 heteroatoms. The highest BCUT2D eigenvalue weighted by atomic mass is 32.2. The summed E-state index contributed by atoms with van der Waals surface area (Å²) >= 11 is 2.14. The lowest BCUT2D eigenvalue weighted by atomic mass is 10.1. The van der Waals surface area contributed by atoms with E-state index >= 15 is 0 Å². The first-order valence-electron chi connectivity index (χ1n) is 8.20. The van der Waals surface area contributed by atoms with Crippen LogP contribution in [0, 0.1) is 0 Å². The van der Waals surface area contributed by atoms with Crippen molar-refractivity contribution < 1.29 is 0 Å². The Morgan fingerprint density at radius 3 is 2.28 bits per heavy atom. The van der Waals surface area contributed by atoms with E-state index < -0.39 is 0 Å². The second-order valence-corrected chi connectivity index (χ2v) is 7.24. The first kappa shape index (κ1) is 16.4. The van der Waals surface area contributed by atoms with Crippen molar-refractivity contribution in [3.8, 4) is 0 Å². The van der Waals surface area contributed by atoms with Gasteiger partial charge in [0.25, 0.3) is 0 Å². The van der Waals surface area contributed by atoms with Crippen LogP contribution in [0.1, 0.15) is 84.0 Å². The zero-order valence-electron chi connectivity index (χ0n) is 12.3. The van der Waals surface area contributed by atoms with Crippen LogP contribution in [0.4, 0.5) is 0 Å². The van der Waals surface area contributed by atoms with E-state index in [0.717, 1.165) is 5.25 Å². The molecule has 0 aromatic heterocycles. The average Bonchev–Trinajstić information content (AvgIpc) is 2.88. The molecule has 1 aliphatic rings. The molecule has 18 heavy (non-hydrogen) atoms. The Balaban J connectivity index is 1.82. The summed E-state index contributed by atoms with van der Waals surface area (Å²) in [5, 5.41) is 0.935. The molecular weight excluding hydrogens is 238 g/mol. The third-order valence-electron chi connectivity index (χ3n) is 4.03. The zero-order valence-corrected chi connectivity index (χ0v) is 13.1. The molecule has 108 valence electrons. The Morgan fingerprint density at radius 1 is 1.00 bits per heavy atom. The highest BCUT2D eigenvalue weighted by molar-refractivity contribution is 7.99. The molecule has 1 unspecified atom stereocenters. The molecule has 0 radical (unpaired) electrons. The molecule has 1 atom stereocenters. The lowest BCUT2D eigenvalue weighted by Gasteiger charge is -2.14. The van der Waals surface area contributed by atoms with Crippen LogP contribution < -0.4 is 5.73 Å². The molecule has 0 aliphatic heterocycles. The van der Waals surface area contributed by atoms with Crippen molar-refractivity contribution in [2.75, 3.05) is 5.75 Å². The highest BCUT2D eigenvalue weighted by Gasteiger charge is 2.16. The van der Waals surface area contributed by atoms with Gasteiger partial charge in [0.2, 0.25) is 0 Å². The molecule has 0 bridgehead atoms. The second kappa shape index (κ2) is 11.2. The molecule has 0 aromatic carbocycles. The minimum atomic E-state index is 0.450. The molecule has 0 aromatic rings. The summed E-state index contributed by atoms with van der Waals surface area (Å²) in [4.78, 5) is 0. The van der Waals surface area contributed by atoms with Crippen LogP contribution in [-0.2, 0) is 0 Å². The number of hydrogen-bond acceptors (Lipinski definition) is 2. The van der Waals surface area contributed by atoms with Crippen LogP contribution in [0.2, 0.25) is 0 Å². The predicted molar refractivity (Wildman–Crippen MR) is 85.3 cm³/mol. The van der Waals surface area contributed by atoms with Gasteiger partial charge in [0.1, 0.15) is 0 Å². The summed E-state index contributed by atoms with van der Waals surface area (Å²) < 4.78 is 0. The Bertz CT molecular complexity index is 178. The van der Waals surface area contributed by atoms with Crippen molar-refractivity contribution in [2.45, 2.75) is 95.3 Å². The van der Waals surface area contributed by atoms with Gasteiger partial charge in [-0.1, -0.05) is 64.7 Å². The molecule has 1 saturated carbocycles. The van der Waals surface area contributed by atoms with Crippen LogP contribution in [0.15, 0.2) is 0 Å². The van der Waals surface area contributed by atoms with Gasteiger partial charge in [-0.05, 0) is 19.3 Å². The van der Waals surface area contributed by atoms with E-state index in [-0.39, 0.29) is 0 Å². The first-order valence-corrected chi connectivity index (χ1v) is 9.25. The number of rotatable bonds is 11. The Morgan fingerprint density at radius 2 is 1.61 bits per heavy atom. The summed E-state index contributed by atoms with van der Waals surface area (Å²) in [6.45, 7) is 2.28. The smallest absolute Gasteiger partial charge is 0.0130 e. The van der Waals surface area contributed by atoms with Crippen LogP contribution >= 0.6 is 11.8 Å². The number of thioether (sulfide) groups is 1. The van der Waals surface area contributed by atoms with Gasteiger partial charge >= 0.3 is 0 Å². The Hall–Kier alpha value is 0.310. The van der Waals surface area contributed by atoms with Gasteiger partial charge in [0, 0.05) is 17.0 Å². The number of unbranched alkanes of at least 4 members (excludes halogenated alkanes) is 6. The molecule has 2 N–H and O–H groups in total. The van der Waals surface area contributed by atoms with Crippen molar-refractivity contribution in [3.05, 3.63) is 0 Å². The van der Waals surface area contributed by atoms with E-state index in [0.29, 0.717) is 6.04 Å². The molecule has 1 rings (SSSR count). The van der Waals surface area contributed by atoms with E-state index in [9.17, 15) is 0 Å². The monoisotopic (exact) mass is 271 g/mol. The molecule has 0 amide bonds. The molecule has 0 saturated heterocycles. The second-order valence-electron chi connectivity index (χ2n) is 5.91. The van der Waals surface area contributed by atoms with Gasteiger partial charge in [-0.25, -0.2) is 0 Å². The third kappa shape index (κ3) is 8.42. The maximum atomic E-state index is 6.19. The maximum Gasteiger partial charge on any atom is 0.0130 e. The topological polar surface area (TPSA) is 26.0 Å². The Kier molecular flexibility index (Phi) is 10.1. The third-order valence-corrected chi connectivity index (χ3v) is 5.59. The molecule has 0 spiro atoms. The largest absolute Gasteiger partial charge is 0.327 e. The van der Waals surface area contributed by atoms with Crippen LogP contribution in [0.3, 0.4) is 0 Å². The van der Waals surface area contributed by atoms with E-state index in [4.69, 9.17) is 5.73 Å². The standard InChI is InChI=1S/C16H33NS/c1-2-3-4-5-6-7-8-11-15(17)14-18-16-12-9-10-13-16/h15-16H,2-14,17H2,1H3. The fraction of sp³-hybridized carbons (Fsp3) is 1.00. The van der Waals surface area contributed by atoms with Gasteiger partial charge in [-0.2, -0.15) is 11.8 Å². The van der Waals surface area contributed by atoms with Crippen molar-refractivity contribution in [1.82, 2.24) is 0 Å². The Labute approximate surface area is 119 Å². The van der Waals surface area contributed by atoms with Crippen molar-refractivity contribution in [1.29, 1.82) is 0 Å². The molecular formula is C16H33NS. The summed E-state index contributed by atoms with van der Waals surface area (Å²) in [5.41, 5.74) is 6.19. The van der Waals surface area contributed by atoms with Gasteiger partial charge < -0.3 is 5.73 Å². The van der Waals surface area contributed by atoms with Crippen LogP contribution in [-0.4, -0.2) is 17.0 Å². The van der Waals surface area contributed by atoms with Gasteiger partial charge in [-0.15, -0.1) is 0 Å². The lowest BCUT2D eigenvalue weighted by Crippen LogP contribution is -2.23. The van der Waals surface area contributed by atoms with Gasteiger partial charge in [0.15, 0.2) is 0 Å². The van der Waals surface area contributed by atoms with E-state index in [2.05, 4.69) is 18.7 Å². The van der Waals surface area contributed by atoms with Crippen LogP contribution in [0.5, 0.6) is 0 Å².